The van der Waals surface area contributed by atoms with Crippen molar-refractivity contribution in [3.63, 3.8) is 0 Å². The lowest BCUT2D eigenvalue weighted by molar-refractivity contribution is 0.256. The second-order valence-corrected chi connectivity index (χ2v) is 3.62. The number of aromatic nitrogens is 1. The Morgan fingerprint density at radius 3 is 3.00 bits per heavy atom. The number of hydrogen-bond donors (Lipinski definition) is 0. The van der Waals surface area contributed by atoms with E-state index in [2.05, 4.69) is 4.98 Å². The van der Waals surface area contributed by atoms with Crippen molar-refractivity contribution in [3.05, 3.63) is 41.7 Å². The van der Waals surface area contributed by atoms with Crippen LogP contribution in [0.15, 0.2) is 30.4 Å². The summed E-state index contributed by atoms with van der Waals surface area (Å²) in [4.78, 5) is 5.56. The van der Waals surface area contributed by atoms with Crippen molar-refractivity contribution in [3.8, 4) is 0 Å². The molecule has 0 amide bonds. The van der Waals surface area contributed by atoms with Crippen LogP contribution in [0.2, 0.25) is 0 Å². The average molecular weight is 210 g/mol. The molecule has 0 aromatic carbocycles. The van der Waals surface area contributed by atoms with Gasteiger partial charge in [0.05, 0.1) is 12.7 Å². The van der Waals surface area contributed by atoms with Gasteiger partial charge < -0.3 is 0 Å². The van der Waals surface area contributed by atoms with Crippen molar-refractivity contribution < 1.29 is 8.78 Å². The van der Waals surface area contributed by atoms with Crippen LogP contribution >= 0.6 is 0 Å². The van der Waals surface area contributed by atoms with Gasteiger partial charge in [-0.2, -0.15) is 0 Å². The summed E-state index contributed by atoms with van der Waals surface area (Å²) in [6.07, 6.45) is 5.01. The van der Waals surface area contributed by atoms with Crippen LogP contribution in [0, 0.1) is 5.82 Å². The zero-order valence-corrected chi connectivity index (χ0v) is 8.29. The van der Waals surface area contributed by atoms with Gasteiger partial charge in [-0.05, 0) is 12.5 Å². The molecule has 1 aromatic rings. The molecule has 0 bridgehead atoms. The van der Waals surface area contributed by atoms with Gasteiger partial charge in [0.1, 0.15) is 11.6 Å². The van der Waals surface area contributed by atoms with E-state index in [0.717, 1.165) is 6.54 Å². The number of hydrogen-bond acceptors (Lipinski definition) is 2. The van der Waals surface area contributed by atoms with Crippen molar-refractivity contribution in [2.45, 2.75) is 13.0 Å². The van der Waals surface area contributed by atoms with Gasteiger partial charge in [0.2, 0.25) is 0 Å². The average Bonchev–Trinajstić information content (AvgIpc) is 2.22. The summed E-state index contributed by atoms with van der Waals surface area (Å²) in [5, 5.41) is 0. The molecule has 0 fully saturated rings. The molecule has 0 radical (unpaired) electrons. The largest absolute Gasteiger partial charge is 0.292 e. The zero-order valence-electron chi connectivity index (χ0n) is 8.29. The van der Waals surface area contributed by atoms with Crippen LogP contribution in [0.3, 0.4) is 0 Å². The maximum absolute atomic E-state index is 13.2. The molecule has 1 aliphatic rings. The standard InChI is InChI=1S/C11H12F2N2/c12-10-2-1-5-15(8-10)7-9-3-4-14-6-11(9)13/h2-4,6H,1,5,7-8H2. The maximum atomic E-state index is 13.2. The third kappa shape index (κ3) is 2.59. The Bertz CT molecular complexity index is 377. The van der Waals surface area contributed by atoms with Gasteiger partial charge >= 0.3 is 0 Å². The molecule has 1 aromatic heterocycles. The molecule has 80 valence electrons. The second-order valence-electron chi connectivity index (χ2n) is 3.62. The van der Waals surface area contributed by atoms with E-state index >= 15 is 0 Å². The summed E-state index contributed by atoms with van der Waals surface area (Å²) in [6, 6.07) is 1.63. The lowest BCUT2D eigenvalue weighted by atomic mass is 10.2. The lowest BCUT2D eigenvalue weighted by Gasteiger charge is -2.24. The Labute approximate surface area is 87.2 Å². The molecule has 15 heavy (non-hydrogen) atoms. The van der Waals surface area contributed by atoms with E-state index in [9.17, 15) is 8.78 Å². The van der Waals surface area contributed by atoms with Crippen LogP contribution in [-0.2, 0) is 6.54 Å². The highest BCUT2D eigenvalue weighted by molar-refractivity contribution is 5.13. The smallest absolute Gasteiger partial charge is 0.145 e. The van der Waals surface area contributed by atoms with Crippen molar-refractivity contribution in [1.82, 2.24) is 9.88 Å². The first-order valence-electron chi connectivity index (χ1n) is 4.91. The summed E-state index contributed by atoms with van der Waals surface area (Å²) in [6.45, 7) is 1.49. The normalized spacial score (nSPS) is 17.6. The van der Waals surface area contributed by atoms with E-state index in [-0.39, 0.29) is 18.2 Å². The lowest BCUT2D eigenvalue weighted by Crippen LogP contribution is -2.28. The molecule has 0 unspecified atom stereocenters. The quantitative estimate of drug-likeness (QED) is 0.744. The van der Waals surface area contributed by atoms with E-state index in [1.54, 1.807) is 18.3 Å². The number of pyridine rings is 1. The fourth-order valence-corrected chi connectivity index (χ4v) is 1.67. The minimum absolute atomic E-state index is 0.129. The Hall–Kier alpha value is -1.29. The van der Waals surface area contributed by atoms with Crippen LogP contribution in [0.4, 0.5) is 8.78 Å². The highest BCUT2D eigenvalue weighted by Crippen LogP contribution is 2.15. The number of nitrogens with zero attached hydrogens (tertiary/aromatic N) is 2. The first-order valence-corrected chi connectivity index (χ1v) is 4.91. The molecule has 0 spiro atoms. The molecule has 0 atom stereocenters. The van der Waals surface area contributed by atoms with Gasteiger partial charge in [-0.1, -0.05) is 6.08 Å². The van der Waals surface area contributed by atoms with Gasteiger partial charge in [-0.3, -0.25) is 9.88 Å². The fraction of sp³-hybridized carbons (Fsp3) is 0.364. The number of halogens is 2. The molecule has 0 aliphatic carbocycles. The minimum atomic E-state index is -0.326. The van der Waals surface area contributed by atoms with Gasteiger partial charge in [0.25, 0.3) is 0 Å². The highest BCUT2D eigenvalue weighted by Gasteiger charge is 2.14. The van der Waals surface area contributed by atoms with Crippen molar-refractivity contribution in [2.24, 2.45) is 0 Å². The predicted molar refractivity (Wildman–Crippen MR) is 53.3 cm³/mol. The van der Waals surface area contributed by atoms with E-state index < -0.39 is 0 Å². The third-order valence-corrected chi connectivity index (χ3v) is 2.44. The molecule has 0 N–H and O–H groups in total. The molecule has 0 saturated carbocycles. The second kappa shape index (κ2) is 4.49. The topological polar surface area (TPSA) is 16.1 Å². The van der Waals surface area contributed by atoms with E-state index in [0.29, 0.717) is 18.5 Å². The highest BCUT2D eigenvalue weighted by atomic mass is 19.1. The molecule has 1 aliphatic heterocycles. The van der Waals surface area contributed by atoms with Gasteiger partial charge in [0, 0.05) is 24.8 Å². The summed E-state index contributed by atoms with van der Waals surface area (Å²) in [5.41, 5.74) is 0.569. The Balaban J connectivity index is 2.03. The van der Waals surface area contributed by atoms with Crippen LogP contribution in [0.5, 0.6) is 0 Å². The minimum Gasteiger partial charge on any atom is -0.292 e. The molecule has 4 heteroatoms. The van der Waals surface area contributed by atoms with Crippen LogP contribution in [0.25, 0.3) is 0 Å². The zero-order chi connectivity index (χ0) is 10.7. The van der Waals surface area contributed by atoms with Crippen LogP contribution in [0.1, 0.15) is 12.0 Å². The van der Waals surface area contributed by atoms with E-state index in [1.165, 1.54) is 6.20 Å². The molecular formula is C11H12F2N2. The van der Waals surface area contributed by atoms with Crippen molar-refractivity contribution >= 4 is 0 Å². The predicted octanol–water partition coefficient (Wildman–Crippen LogP) is 2.28. The molecule has 2 rings (SSSR count). The SMILES string of the molecule is FC1=CCCN(Cc2ccncc2F)C1. The molecule has 2 heterocycles. The summed E-state index contributed by atoms with van der Waals surface area (Å²) >= 11 is 0. The van der Waals surface area contributed by atoms with Crippen LogP contribution in [-0.4, -0.2) is 23.0 Å². The first-order chi connectivity index (χ1) is 7.25. The fourth-order valence-electron chi connectivity index (χ4n) is 1.67. The van der Waals surface area contributed by atoms with Gasteiger partial charge in [-0.25, -0.2) is 8.78 Å². The first kappa shape index (κ1) is 10.2. The summed E-state index contributed by atoms with van der Waals surface area (Å²) in [7, 11) is 0. The number of rotatable bonds is 2. The van der Waals surface area contributed by atoms with E-state index in [1.807, 2.05) is 4.90 Å². The van der Waals surface area contributed by atoms with Crippen molar-refractivity contribution in [2.75, 3.05) is 13.1 Å². The molecule has 2 nitrogen and oxygen atoms in total. The van der Waals surface area contributed by atoms with Crippen molar-refractivity contribution in [1.29, 1.82) is 0 Å². The van der Waals surface area contributed by atoms with Gasteiger partial charge in [-0.15, -0.1) is 0 Å². The Morgan fingerprint density at radius 2 is 2.27 bits per heavy atom. The summed E-state index contributed by atoms with van der Waals surface area (Å²) < 4.78 is 26.2. The Kier molecular flexibility index (Phi) is 3.06. The van der Waals surface area contributed by atoms with Gasteiger partial charge in [0.15, 0.2) is 0 Å². The maximum Gasteiger partial charge on any atom is 0.145 e. The third-order valence-electron chi connectivity index (χ3n) is 2.44. The summed E-state index contributed by atoms with van der Waals surface area (Å²) in [5.74, 6) is -0.455. The molecule has 0 saturated heterocycles. The van der Waals surface area contributed by atoms with E-state index in [4.69, 9.17) is 0 Å². The van der Waals surface area contributed by atoms with Crippen LogP contribution < -0.4 is 0 Å². The molecular weight excluding hydrogens is 198 g/mol. The monoisotopic (exact) mass is 210 g/mol. The Morgan fingerprint density at radius 1 is 1.40 bits per heavy atom.